The van der Waals surface area contributed by atoms with Crippen molar-refractivity contribution in [1.29, 1.82) is 0 Å². The molecule has 1 atom stereocenters. The third kappa shape index (κ3) is 7.27. The predicted molar refractivity (Wildman–Crippen MR) is 145 cm³/mol. The van der Waals surface area contributed by atoms with Crippen molar-refractivity contribution in [3.63, 3.8) is 0 Å². The molecule has 0 radical (unpaired) electrons. The molecule has 1 unspecified atom stereocenters. The molecule has 2 rings (SSSR count). The van der Waals surface area contributed by atoms with Crippen LogP contribution in [0.5, 0.6) is 5.75 Å². The van der Waals surface area contributed by atoms with Crippen LogP contribution in [-0.2, 0) is 14.6 Å². The van der Waals surface area contributed by atoms with Crippen LogP contribution in [0.3, 0.4) is 0 Å². The fraction of sp³-hybridized carbons (Fsp3) is 0.429. The van der Waals surface area contributed by atoms with Gasteiger partial charge in [0.15, 0.2) is 15.9 Å². The Hall–Kier alpha value is -3.02. The van der Waals surface area contributed by atoms with E-state index in [1.165, 1.54) is 12.1 Å². The number of amides is 1. The number of carboxylic acids is 1. The van der Waals surface area contributed by atoms with Crippen LogP contribution in [0, 0.1) is 17.3 Å². The van der Waals surface area contributed by atoms with Crippen LogP contribution >= 0.6 is 11.6 Å². The lowest BCUT2D eigenvalue weighted by atomic mass is 9.89. The zero-order valence-corrected chi connectivity index (χ0v) is 23.8. The Morgan fingerprint density at radius 1 is 1.05 bits per heavy atom. The van der Waals surface area contributed by atoms with Crippen molar-refractivity contribution in [3.8, 4) is 17.6 Å². The SMILES string of the molecule is CCN(CC)C(=O)c1ccc(C#Cc2cc(Cl)ccc2OC(C(=O)O)C(C)(C)C)cc1S(=O)(=O)C(C)C. The Balaban J connectivity index is 2.63. The summed E-state index contributed by atoms with van der Waals surface area (Å²) in [5.74, 6) is 4.61. The third-order valence-electron chi connectivity index (χ3n) is 5.73. The van der Waals surface area contributed by atoms with Crippen LogP contribution in [-0.4, -0.2) is 54.7 Å². The van der Waals surface area contributed by atoms with Gasteiger partial charge >= 0.3 is 5.97 Å². The fourth-order valence-corrected chi connectivity index (χ4v) is 4.95. The molecule has 7 nitrogen and oxygen atoms in total. The lowest BCUT2D eigenvalue weighted by Gasteiger charge is -2.28. The highest BCUT2D eigenvalue weighted by Crippen LogP contribution is 2.29. The largest absolute Gasteiger partial charge is 0.478 e. The number of rotatable bonds is 8. The maximum absolute atomic E-state index is 13.1. The highest BCUT2D eigenvalue weighted by atomic mass is 35.5. The number of halogens is 1. The van der Waals surface area contributed by atoms with Crippen molar-refractivity contribution in [2.75, 3.05) is 13.1 Å². The van der Waals surface area contributed by atoms with Gasteiger partial charge in [0.2, 0.25) is 0 Å². The number of hydrogen-bond acceptors (Lipinski definition) is 5. The molecule has 0 aliphatic heterocycles. The van der Waals surface area contributed by atoms with Crippen LogP contribution in [0.4, 0.5) is 0 Å². The second-order valence-electron chi connectivity index (χ2n) is 9.87. The van der Waals surface area contributed by atoms with Gasteiger partial charge in [0.05, 0.1) is 21.3 Å². The first kappa shape index (κ1) is 30.2. The summed E-state index contributed by atoms with van der Waals surface area (Å²) in [6, 6.07) is 9.15. The Kier molecular flexibility index (Phi) is 9.81. The molecule has 200 valence electrons. The molecule has 9 heteroatoms. The van der Waals surface area contributed by atoms with Gasteiger partial charge in [0, 0.05) is 29.1 Å². The summed E-state index contributed by atoms with van der Waals surface area (Å²) < 4.78 is 32.1. The molecule has 1 N–H and O–H groups in total. The average Bonchev–Trinajstić information content (AvgIpc) is 2.81. The van der Waals surface area contributed by atoms with E-state index in [0.29, 0.717) is 29.2 Å². The van der Waals surface area contributed by atoms with Crippen LogP contribution in [0.2, 0.25) is 5.02 Å². The van der Waals surface area contributed by atoms with Crippen molar-refractivity contribution in [2.24, 2.45) is 5.41 Å². The van der Waals surface area contributed by atoms with E-state index in [1.807, 2.05) is 13.8 Å². The van der Waals surface area contributed by atoms with Crippen LogP contribution in [0.25, 0.3) is 0 Å². The molecular weight excluding hydrogens is 514 g/mol. The van der Waals surface area contributed by atoms with Crippen molar-refractivity contribution in [3.05, 3.63) is 58.1 Å². The molecule has 0 aliphatic carbocycles. The molecule has 0 aliphatic rings. The second-order valence-corrected chi connectivity index (χ2v) is 12.8. The Morgan fingerprint density at radius 3 is 2.19 bits per heavy atom. The van der Waals surface area contributed by atoms with E-state index in [0.717, 1.165) is 0 Å². The zero-order chi connectivity index (χ0) is 28.1. The number of aliphatic carboxylic acids is 1. The van der Waals surface area contributed by atoms with E-state index in [2.05, 4.69) is 11.8 Å². The first-order valence-electron chi connectivity index (χ1n) is 12.0. The van der Waals surface area contributed by atoms with Crippen molar-refractivity contribution in [1.82, 2.24) is 4.90 Å². The third-order valence-corrected chi connectivity index (χ3v) is 8.16. The zero-order valence-electron chi connectivity index (χ0n) is 22.3. The summed E-state index contributed by atoms with van der Waals surface area (Å²) in [7, 11) is -3.79. The van der Waals surface area contributed by atoms with Crippen molar-refractivity contribution in [2.45, 2.75) is 64.7 Å². The summed E-state index contributed by atoms with van der Waals surface area (Å²) in [4.78, 5) is 26.3. The highest BCUT2D eigenvalue weighted by molar-refractivity contribution is 7.92. The van der Waals surface area contributed by atoms with E-state index in [4.69, 9.17) is 16.3 Å². The maximum atomic E-state index is 13.1. The first-order chi connectivity index (χ1) is 17.1. The van der Waals surface area contributed by atoms with Gasteiger partial charge in [-0.05, 0) is 64.1 Å². The van der Waals surface area contributed by atoms with E-state index in [1.54, 1.807) is 63.8 Å². The summed E-state index contributed by atoms with van der Waals surface area (Å²) >= 11 is 6.16. The number of nitrogens with zero attached hydrogens (tertiary/aromatic N) is 1. The van der Waals surface area contributed by atoms with Gasteiger partial charge in [0.1, 0.15) is 5.75 Å². The van der Waals surface area contributed by atoms with Gasteiger partial charge in [-0.3, -0.25) is 4.79 Å². The van der Waals surface area contributed by atoms with Crippen molar-refractivity contribution >= 4 is 33.3 Å². The smallest absolute Gasteiger partial charge is 0.345 e. The molecule has 0 aromatic heterocycles. The molecule has 0 bridgehead atoms. The number of carboxylic acid groups (broad SMARTS) is 1. The topological polar surface area (TPSA) is 101 Å². The fourth-order valence-electron chi connectivity index (χ4n) is 3.51. The van der Waals surface area contributed by atoms with Crippen molar-refractivity contribution < 1.29 is 27.9 Å². The number of hydrogen-bond donors (Lipinski definition) is 1. The minimum atomic E-state index is -3.79. The monoisotopic (exact) mass is 547 g/mol. The van der Waals surface area contributed by atoms with Gasteiger partial charge in [-0.15, -0.1) is 0 Å². The molecule has 0 fully saturated rings. The lowest BCUT2D eigenvalue weighted by molar-refractivity contribution is -0.150. The van der Waals surface area contributed by atoms with Gasteiger partial charge < -0.3 is 14.7 Å². The van der Waals surface area contributed by atoms with E-state index in [-0.39, 0.29) is 22.1 Å². The summed E-state index contributed by atoms with van der Waals surface area (Å²) in [5.41, 5.74) is 0.124. The maximum Gasteiger partial charge on any atom is 0.345 e. The molecule has 0 saturated carbocycles. The first-order valence-corrected chi connectivity index (χ1v) is 13.9. The van der Waals surface area contributed by atoms with Crippen LogP contribution in [0.15, 0.2) is 41.3 Å². The standard InChI is InChI=1S/C28H34ClNO6S/c1-8-30(9-2)26(31)22-14-11-19(16-24(22)37(34,35)18(3)4)10-12-20-17-21(29)13-15-23(20)36-25(27(32)33)28(5,6)7/h11,13-18,25H,8-9H2,1-7H3,(H,32,33). The number of sulfone groups is 1. The summed E-state index contributed by atoms with van der Waals surface area (Å²) in [6.07, 6.45) is -1.14. The van der Waals surface area contributed by atoms with E-state index >= 15 is 0 Å². The van der Waals surface area contributed by atoms with Crippen LogP contribution in [0.1, 0.15) is 70.0 Å². The van der Waals surface area contributed by atoms with Gasteiger partial charge in [0.25, 0.3) is 5.91 Å². The summed E-state index contributed by atoms with van der Waals surface area (Å²) in [6.45, 7) is 12.9. The Bertz CT molecular complexity index is 1330. The molecule has 37 heavy (non-hydrogen) atoms. The number of carbonyl (C=O) groups is 2. The molecule has 0 spiro atoms. The molecule has 2 aromatic carbocycles. The Morgan fingerprint density at radius 2 is 1.68 bits per heavy atom. The second kappa shape index (κ2) is 12.0. The normalized spacial score (nSPS) is 12.5. The number of carbonyl (C=O) groups excluding carboxylic acids is 1. The highest BCUT2D eigenvalue weighted by Gasteiger charge is 2.34. The summed E-state index contributed by atoms with van der Waals surface area (Å²) in [5, 5.41) is 9.28. The molecule has 2 aromatic rings. The van der Waals surface area contributed by atoms with Crippen LogP contribution < -0.4 is 4.74 Å². The van der Waals surface area contributed by atoms with Gasteiger partial charge in [-0.1, -0.05) is 44.2 Å². The molecular formula is C28H34ClNO6S. The number of ether oxygens (including phenoxy) is 1. The quantitative estimate of drug-likeness (QED) is 0.451. The van der Waals surface area contributed by atoms with Gasteiger partial charge in [-0.25, -0.2) is 13.2 Å². The molecule has 0 heterocycles. The van der Waals surface area contributed by atoms with E-state index < -0.39 is 32.6 Å². The minimum Gasteiger partial charge on any atom is -0.478 e. The van der Waals surface area contributed by atoms with E-state index in [9.17, 15) is 23.1 Å². The number of benzene rings is 2. The molecule has 1 amide bonds. The minimum absolute atomic E-state index is 0.0764. The van der Waals surface area contributed by atoms with Gasteiger partial charge in [-0.2, -0.15) is 0 Å². The lowest BCUT2D eigenvalue weighted by Crippen LogP contribution is -2.39. The Labute approximate surface area is 224 Å². The molecule has 0 saturated heterocycles. The predicted octanol–water partition coefficient (Wildman–Crippen LogP) is 5.28. The average molecular weight is 548 g/mol.